The van der Waals surface area contributed by atoms with Crippen LogP contribution in [-0.4, -0.2) is 65.7 Å². The number of imidazole rings is 1. The summed E-state index contributed by atoms with van der Waals surface area (Å²) in [4.78, 5) is 31.0. The van der Waals surface area contributed by atoms with Gasteiger partial charge in [0.05, 0.1) is 17.6 Å². The number of rotatable bonds is 8. The highest BCUT2D eigenvalue weighted by atomic mass is 32.2. The fourth-order valence-electron chi connectivity index (χ4n) is 2.65. The SMILES string of the molecule is CN(C)/C=N/c1ncnc2c1ncn2CC(=O)NCCc1ccc(S(N)(=O)=O)cc1. The predicted octanol–water partition coefficient (Wildman–Crippen LogP) is 0.0540. The van der Waals surface area contributed by atoms with Gasteiger partial charge in [0.25, 0.3) is 0 Å². The van der Waals surface area contributed by atoms with Crippen LogP contribution >= 0.6 is 0 Å². The van der Waals surface area contributed by atoms with Crippen LogP contribution in [0.25, 0.3) is 11.2 Å². The van der Waals surface area contributed by atoms with E-state index in [1.165, 1.54) is 24.8 Å². The number of primary sulfonamides is 1. The second kappa shape index (κ2) is 8.97. The third-order valence-corrected chi connectivity index (χ3v) is 5.02. The highest BCUT2D eigenvalue weighted by molar-refractivity contribution is 7.89. The molecule has 0 atom stereocenters. The first-order valence-electron chi connectivity index (χ1n) is 8.99. The number of hydrogen-bond acceptors (Lipinski definition) is 7. The van der Waals surface area contributed by atoms with E-state index in [4.69, 9.17) is 5.14 Å². The molecule has 30 heavy (non-hydrogen) atoms. The molecule has 0 saturated carbocycles. The Hall–Kier alpha value is -3.38. The normalized spacial score (nSPS) is 11.8. The third-order valence-electron chi connectivity index (χ3n) is 4.09. The first-order chi connectivity index (χ1) is 14.2. The monoisotopic (exact) mass is 430 g/mol. The second-order valence-corrected chi connectivity index (χ2v) is 8.30. The number of sulfonamides is 1. The summed E-state index contributed by atoms with van der Waals surface area (Å²) in [6.45, 7) is 0.447. The van der Waals surface area contributed by atoms with E-state index in [0.29, 0.717) is 29.9 Å². The standard InChI is InChI=1S/C18H22N8O3S/c1-25(2)11-24-17-16-18(22-10-21-17)26(12-23-16)9-15(27)20-8-7-13-3-5-14(6-4-13)30(19,28)29/h3-6,10-12H,7-9H2,1-2H3,(H,20,27)(H2,19,28,29)/b24-11+. The molecule has 0 aliphatic heterocycles. The number of nitrogens with zero attached hydrogens (tertiary/aromatic N) is 6. The molecule has 2 aromatic heterocycles. The minimum atomic E-state index is -3.71. The molecule has 0 aliphatic carbocycles. The van der Waals surface area contributed by atoms with Crippen LogP contribution in [0.1, 0.15) is 5.56 Å². The Bertz CT molecular complexity index is 1170. The number of fused-ring (bicyclic) bond motifs is 1. The Balaban J connectivity index is 1.59. The van der Waals surface area contributed by atoms with Crippen molar-refractivity contribution in [3.63, 3.8) is 0 Å². The van der Waals surface area contributed by atoms with E-state index in [2.05, 4.69) is 25.3 Å². The largest absolute Gasteiger partial charge is 0.369 e. The quantitative estimate of drug-likeness (QED) is 0.379. The van der Waals surface area contributed by atoms with Crippen molar-refractivity contribution in [2.24, 2.45) is 10.1 Å². The van der Waals surface area contributed by atoms with E-state index in [9.17, 15) is 13.2 Å². The van der Waals surface area contributed by atoms with E-state index in [1.54, 1.807) is 27.9 Å². The summed E-state index contributed by atoms with van der Waals surface area (Å²) in [5.74, 6) is 0.225. The van der Waals surface area contributed by atoms with Gasteiger partial charge in [-0.3, -0.25) is 4.79 Å². The van der Waals surface area contributed by atoms with E-state index in [1.807, 2.05) is 14.1 Å². The van der Waals surface area contributed by atoms with Gasteiger partial charge >= 0.3 is 0 Å². The zero-order valence-corrected chi connectivity index (χ0v) is 17.4. The van der Waals surface area contributed by atoms with Crippen molar-refractivity contribution in [3.05, 3.63) is 42.5 Å². The first-order valence-corrected chi connectivity index (χ1v) is 10.5. The van der Waals surface area contributed by atoms with Crippen LogP contribution < -0.4 is 10.5 Å². The van der Waals surface area contributed by atoms with Gasteiger partial charge in [0.15, 0.2) is 17.0 Å². The van der Waals surface area contributed by atoms with Crippen LogP contribution in [0.4, 0.5) is 5.82 Å². The van der Waals surface area contributed by atoms with Crippen LogP contribution in [0.5, 0.6) is 0 Å². The Morgan fingerprint density at radius 3 is 2.63 bits per heavy atom. The molecule has 0 saturated heterocycles. The Labute approximate surface area is 173 Å². The third kappa shape index (κ3) is 5.36. The summed E-state index contributed by atoms with van der Waals surface area (Å²) in [7, 11) is -0.0185. The fourth-order valence-corrected chi connectivity index (χ4v) is 3.17. The summed E-state index contributed by atoms with van der Waals surface area (Å²) < 4.78 is 24.2. The molecule has 11 nitrogen and oxygen atoms in total. The van der Waals surface area contributed by atoms with Gasteiger partial charge in [-0.05, 0) is 24.1 Å². The van der Waals surface area contributed by atoms with Gasteiger partial charge in [0, 0.05) is 20.6 Å². The lowest BCUT2D eigenvalue weighted by Gasteiger charge is -2.07. The number of nitrogens with two attached hydrogens (primary N) is 1. The second-order valence-electron chi connectivity index (χ2n) is 6.74. The lowest BCUT2D eigenvalue weighted by Crippen LogP contribution is -2.29. The molecule has 158 valence electrons. The predicted molar refractivity (Wildman–Crippen MR) is 112 cm³/mol. The lowest BCUT2D eigenvalue weighted by molar-refractivity contribution is -0.121. The Morgan fingerprint density at radius 2 is 1.97 bits per heavy atom. The molecule has 2 heterocycles. The average Bonchev–Trinajstić information content (AvgIpc) is 3.09. The van der Waals surface area contributed by atoms with Crippen molar-refractivity contribution < 1.29 is 13.2 Å². The van der Waals surface area contributed by atoms with Crippen molar-refractivity contribution in [1.29, 1.82) is 0 Å². The fraction of sp³-hybridized carbons (Fsp3) is 0.278. The molecule has 0 aliphatic rings. The van der Waals surface area contributed by atoms with Gasteiger partial charge in [-0.25, -0.2) is 33.5 Å². The molecule has 3 rings (SSSR count). The number of benzene rings is 1. The molecule has 1 aromatic carbocycles. The smallest absolute Gasteiger partial charge is 0.240 e. The van der Waals surface area contributed by atoms with E-state index >= 15 is 0 Å². The minimum Gasteiger partial charge on any atom is -0.369 e. The molecule has 1 amide bonds. The maximum Gasteiger partial charge on any atom is 0.240 e. The molecule has 0 spiro atoms. The molecular formula is C18H22N8O3S. The van der Waals surface area contributed by atoms with Crippen LogP contribution in [0.15, 0.2) is 46.8 Å². The molecule has 0 radical (unpaired) electrons. The molecule has 12 heteroatoms. The van der Waals surface area contributed by atoms with Gasteiger partial charge in [-0.2, -0.15) is 0 Å². The van der Waals surface area contributed by atoms with Crippen molar-refractivity contribution in [1.82, 2.24) is 29.7 Å². The molecule has 0 fully saturated rings. The van der Waals surface area contributed by atoms with E-state index in [-0.39, 0.29) is 17.3 Å². The van der Waals surface area contributed by atoms with Gasteiger partial charge in [-0.15, -0.1) is 0 Å². The van der Waals surface area contributed by atoms with Crippen molar-refractivity contribution >= 4 is 39.3 Å². The zero-order valence-electron chi connectivity index (χ0n) is 16.6. The lowest BCUT2D eigenvalue weighted by atomic mass is 10.1. The van der Waals surface area contributed by atoms with E-state index in [0.717, 1.165) is 5.56 Å². The maximum atomic E-state index is 12.3. The highest BCUT2D eigenvalue weighted by Crippen LogP contribution is 2.19. The zero-order chi connectivity index (χ0) is 21.7. The first kappa shape index (κ1) is 21.3. The highest BCUT2D eigenvalue weighted by Gasteiger charge is 2.12. The minimum absolute atomic E-state index is 0.0503. The molecule has 3 N–H and O–H groups in total. The van der Waals surface area contributed by atoms with Crippen LogP contribution in [0.2, 0.25) is 0 Å². The summed E-state index contributed by atoms with van der Waals surface area (Å²) in [6, 6.07) is 6.23. The van der Waals surface area contributed by atoms with E-state index < -0.39 is 10.0 Å². The number of aromatic nitrogens is 4. The maximum absolute atomic E-state index is 12.3. The molecule has 0 bridgehead atoms. The number of hydrogen-bond donors (Lipinski definition) is 2. The Morgan fingerprint density at radius 1 is 1.23 bits per heavy atom. The van der Waals surface area contributed by atoms with Gasteiger partial charge in [0.2, 0.25) is 15.9 Å². The van der Waals surface area contributed by atoms with Crippen molar-refractivity contribution in [2.75, 3.05) is 20.6 Å². The number of carbonyl (C=O) groups is 1. The van der Waals surface area contributed by atoms with Crippen molar-refractivity contribution in [3.8, 4) is 0 Å². The molecule has 0 unspecified atom stereocenters. The summed E-state index contributed by atoms with van der Waals surface area (Å²) in [6.07, 6.45) is 5.07. The molecule has 3 aromatic rings. The number of aliphatic imine (C=N–C) groups is 1. The van der Waals surface area contributed by atoms with Crippen LogP contribution in [0.3, 0.4) is 0 Å². The van der Waals surface area contributed by atoms with Gasteiger partial charge < -0.3 is 14.8 Å². The van der Waals surface area contributed by atoms with Crippen LogP contribution in [-0.2, 0) is 27.8 Å². The van der Waals surface area contributed by atoms with Crippen LogP contribution in [0, 0.1) is 0 Å². The summed E-state index contributed by atoms with van der Waals surface area (Å²) in [5, 5.41) is 7.90. The topological polar surface area (TPSA) is 148 Å². The Kier molecular flexibility index (Phi) is 6.37. The summed E-state index contributed by atoms with van der Waals surface area (Å²) in [5.41, 5.74) is 1.91. The number of nitrogens with one attached hydrogen (secondary N) is 1. The average molecular weight is 430 g/mol. The number of carbonyl (C=O) groups excluding carboxylic acids is 1. The van der Waals surface area contributed by atoms with Crippen molar-refractivity contribution in [2.45, 2.75) is 17.9 Å². The molecular weight excluding hydrogens is 408 g/mol. The van der Waals surface area contributed by atoms with Gasteiger partial charge in [-0.1, -0.05) is 12.1 Å². The van der Waals surface area contributed by atoms with Gasteiger partial charge in [0.1, 0.15) is 12.9 Å². The summed E-state index contributed by atoms with van der Waals surface area (Å²) >= 11 is 0. The number of amides is 1.